The molecule has 3 heteroatoms. The lowest BCUT2D eigenvalue weighted by Crippen LogP contribution is -1.96. The van der Waals surface area contributed by atoms with E-state index in [1.54, 1.807) is 0 Å². The fraction of sp³-hybridized carbons (Fsp3) is 0. The Hall–Kier alpha value is -6.32. The summed E-state index contributed by atoms with van der Waals surface area (Å²) in [5.74, 6) is 0.711. The molecule has 0 N–H and O–H groups in total. The van der Waals surface area contributed by atoms with Gasteiger partial charge in [-0.05, 0) is 58.3 Å². The van der Waals surface area contributed by atoms with Crippen molar-refractivity contribution in [2.24, 2.45) is 0 Å². The van der Waals surface area contributed by atoms with Gasteiger partial charge in [0.1, 0.15) is 0 Å². The van der Waals surface area contributed by atoms with Crippen LogP contribution in [-0.4, -0.2) is 14.5 Å². The Balaban J connectivity index is 1.08. The molecule has 9 rings (SSSR count). The van der Waals surface area contributed by atoms with E-state index >= 15 is 0 Å². The SMILES string of the molecule is c1ccc(-c2cc(-c3ccc4ccccc4c3)nc(-c3ccc(-c4ccc(-n5c6ccccc6c6ccccc65)cc4)cc3)n2)cc1. The number of hydrogen-bond donors (Lipinski definition) is 0. The Morgan fingerprint density at radius 2 is 0.851 bits per heavy atom. The van der Waals surface area contributed by atoms with Gasteiger partial charge in [0.25, 0.3) is 0 Å². The van der Waals surface area contributed by atoms with Crippen LogP contribution in [0.25, 0.3) is 83.3 Å². The molecule has 2 heterocycles. The van der Waals surface area contributed by atoms with Gasteiger partial charge in [0, 0.05) is 33.2 Å². The van der Waals surface area contributed by atoms with E-state index in [2.05, 4.69) is 162 Å². The van der Waals surface area contributed by atoms with Gasteiger partial charge in [-0.25, -0.2) is 9.97 Å². The van der Waals surface area contributed by atoms with Crippen molar-refractivity contribution in [3.8, 4) is 50.7 Å². The van der Waals surface area contributed by atoms with E-state index in [0.717, 1.165) is 44.9 Å². The normalized spacial score (nSPS) is 11.4. The molecule has 0 aliphatic carbocycles. The second-order valence-corrected chi connectivity index (χ2v) is 11.9. The summed E-state index contributed by atoms with van der Waals surface area (Å²) in [7, 11) is 0. The van der Waals surface area contributed by atoms with E-state index in [1.165, 1.54) is 32.6 Å². The zero-order valence-corrected chi connectivity index (χ0v) is 25.6. The van der Waals surface area contributed by atoms with Gasteiger partial charge >= 0.3 is 0 Å². The first-order valence-corrected chi connectivity index (χ1v) is 15.9. The van der Waals surface area contributed by atoms with Crippen molar-refractivity contribution in [3.05, 3.63) is 176 Å². The molecule has 0 aliphatic heterocycles. The monoisotopic (exact) mass is 599 g/mol. The number of rotatable bonds is 5. The van der Waals surface area contributed by atoms with Gasteiger partial charge in [-0.1, -0.05) is 140 Å². The number of benzene rings is 7. The largest absolute Gasteiger partial charge is 0.309 e. The van der Waals surface area contributed by atoms with Crippen molar-refractivity contribution < 1.29 is 0 Å². The molecule has 0 fully saturated rings. The summed E-state index contributed by atoms with van der Waals surface area (Å²) < 4.78 is 2.35. The molecule has 9 aromatic rings. The maximum Gasteiger partial charge on any atom is 0.160 e. The van der Waals surface area contributed by atoms with Gasteiger partial charge in [-0.2, -0.15) is 0 Å². The number of fused-ring (bicyclic) bond motifs is 4. The van der Waals surface area contributed by atoms with Crippen LogP contribution in [-0.2, 0) is 0 Å². The molecule has 220 valence electrons. The number of aromatic nitrogens is 3. The average molecular weight is 600 g/mol. The molecule has 3 nitrogen and oxygen atoms in total. The Bertz CT molecular complexity index is 2490. The van der Waals surface area contributed by atoms with Crippen LogP contribution in [0.3, 0.4) is 0 Å². The van der Waals surface area contributed by atoms with Crippen LogP contribution in [0.5, 0.6) is 0 Å². The summed E-state index contributed by atoms with van der Waals surface area (Å²) in [5, 5.41) is 4.95. The van der Waals surface area contributed by atoms with Crippen molar-refractivity contribution in [2.75, 3.05) is 0 Å². The highest BCUT2D eigenvalue weighted by Gasteiger charge is 2.13. The van der Waals surface area contributed by atoms with E-state index < -0.39 is 0 Å². The molecule has 0 spiro atoms. The molecule has 0 bridgehead atoms. The minimum atomic E-state index is 0.711. The lowest BCUT2D eigenvalue weighted by atomic mass is 10.0. The highest BCUT2D eigenvalue weighted by molar-refractivity contribution is 6.09. The fourth-order valence-corrected chi connectivity index (χ4v) is 6.65. The van der Waals surface area contributed by atoms with Crippen LogP contribution in [0.2, 0.25) is 0 Å². The summed E-state index contributed by atoms with van der Waals surface area (Å²) in [6, 6.07) is 62.0. The zero-order valence-electron chi connectivity index (χ0n) is 25.6. The third kappa shape index (κ3) is 4.86. The molecule has 0 unspecified atom stereocenters. The topological polar surface area (TPSA) is 30.7 Å². The molecule has 2 aromatic heterocycles. The molecule has 7 aromatic carbocycles. The fourth-order valence-electron chi connectivity index (χ4n) is 6.65. The van der Waals surface area contributed by atoms with Gasteiger partial charge in [0.05, 0.1) is 22.4 Å². The van der Waals surface area contributed by atoms with Crippen molar-refractivity contribution in [2.45, 2.75) is 0 Å². The molecule has 0 aliphatic rings. The highest BCUT2D eigenvalue weighted by atomic mass is 15.0. The van der Waals surface area contributed by atoms with Gasteiger partial charge in [0.15, 0.2) is 5.82 Å². The molecular weight excluding hydrogens is 571 g/mol. The summed E-state index contributed by atoms with van der Waals surface area (Å²) in [5.41, 5.74) is 10.8. The van der Waals surface area contributed by atoms with Crippen LogP contribution in [0.1, 0.15) is 0 Å². The lowest BCUT2D eigenvalue weighted by Gasteiger charge is -2.11. The predicted molar refractivity (Wildman–Crippen MR) is 196 cm³/mol. The second-order valence-electron chi connectivity index (χ2n) is 11.9. The van der Waals surface area contributed by atoms with Crippen molar-refractivity contribution in [1.82, 2.24) is 14.5 Å². The Labute approximate surface area is 273 Å². The molecule has 0 amide bonds. The molecule has 0 atom stereocenters. The lowest BCUT2D eigenvalue weighted by molar-refractivity contribution is 1.18. The molecule has 0 saturated carbocycles. The number of nitrogens with zero attached hydrogens (tertiary/aromatic N) is 3. The van der Waals surface area contributed by atoms with Crippen molar-refractivity contribution in [3.63, 3.8) is 0 Å². The minimum absolute atomic E-state index is 0.711. The number of para-hydroxylation sites is 2. The van der Waals surface area contributed by atoms with Gasteiger partial charge in [0.2, 0.25) is 0 Å². The first-order chi connectivity index (χ1) is 23.3. The second kappa shape index (κ2) is 11.2. The van der Waals surface area contributed by atoms with Crippen molar-refractivity contribution in [1.29, 1.82) is 0 Å². The Kier molecular flexibility index (Phi) is 6.46. The average Bonchev–Trinajstić information content (AvgIpc) is 3.49. The van der Waals surface area contributed by atoms with Crippen LogP contribution < -0.4 is 0 Å². The van der Waals surface area contributed by atoms with Gasteiger partial charge in [-0.3, -0.25) is 0 Å². The predicted octanol–water partition coefficient (Wildman–Crippen LogP) is 11.4. The van der Waals surface area contributed by atoms with Crippen molar-refractivity contribution >= 4 is 32.6 Å². The summed E-state index contributed by atoms with van der Waals surface area (Å²) >= 11 is 0. The quantitative estimate of drug-likeness (QED) is 0.197. The van der Waals surface area contributed by atoms with E-state index in [9.17, 15) is 0 Å². The van der Waals surface area contributed by atoms with Crippen LogP contribution in [0.4, 0.5) is 0 Å². The maximum absolute atomic E-state index is 5.08. The van der Waals surface area contributed by atoms with Crippen LogP contribution in [0.15, 0.2) is 176 Å². The zero-order chi connectivity index (χ0) is 31.2. The maximum atomic E-state index is 5.08. The standard InChI is InChI=1S/C44H29N3/c1-2-11-33(12-3-1)40-29-41(36-23-20-30-10-4-5-13-35(30)28-36)46-44(45-40)34-21-18-31(19-22-34)32-24-26-37(27-25-32)47-42-16-8-6-14-38(42)39-15-7-9-17-43(39)47/h1-29H. The summed E-state index contributed by atoms with van der Waals surface area (Å²) in [6.07, 6.45) is 0. The smallest absolute Gasteiger partial charge is 0.160 e. The third-order valence-corrected chi connectivity index (χ3v) is 9.02. The molecular formula is C44H29N3. The summed E-state index contributed by atoms with van der Waals surface area (Å²) in [6.45, 7) is 0. The van der Waals surface area contributed by atoms with E-state index in [1.807, 2.05) is 18.2 Å². The Morgan fingerprint density at radius 3 is 1.53 bits per heavy atom. The molecule has 0 radical (unpaired) electrons. The molecule has 0 saturated heterocycles. The van der Waals surface area contributed by atoms with Crippen LogP contribution in [0, 0.1) is 0 Å². The number of hydrogen-bond acceptors (Lipinski definition) is 2. The van der Waals surface area contributed by atoms with Crippen LogP contribution >= 0.6 is 0 Å². The van der Waals surface area contributed by atoms with E-state index in [-0.39, 0.29) is 0 Å². The van der Waals surface area contributed by atoms with E-state index in [0.29, 0.717) is 5.82 Å². The third-order valence-electron chi connectivity index (χ3n) is 9.02. The highest BCUT2D eigenvalue weighted by Crippen LogP contribution is 2.34. The first kappa shape index (κ1) is 27.0. The Morgan fingerprint density at radius 1 is 0.340 bits per heavy atom. The van der Waals surface area contributed by atoms with Gasteiger partial charge < -0.3 is 4.57 Å². The van der Waals surface area contributed by atoms with Gasteiger partial charge in [-0.15, -0.1) is 0 Å². The first-order valence-electron chi connectivity index (χ1n) is 15.9. The molecule has 47 heavy (non-hydrogen) atoms. The summed E-state index contributed by atoms with van der Waals surface area (Å²) in [4.78, 5) is 10.1. The minimum Gasteiger partial charge on any atom is -0.309 e. The van der Waals surface area contributed by atoms with E-state index in [4.69, 9.17) is 9.97 Å².